The molecule has 0 rings (SSSR count). The lowest BCUT2D eigenvalue weighted by Crippen LogP contribution is -2.56. The number of hydrogen-bond donors (Lipinski definition) is 6. The topological polar surface area (TPSA) is 182 Å². The Bertz CT molecular complexity index is 556. The van der Waals surface area contributed by atoms with Crippen molar-refractivity contribution in [1.29, 1.82) is 0 Å². The monoisotopic (exact) mass is 442 g/mol. The van der Waals surface area contributed by atoms with Crippen molar-refractivity contribution < 1.29 is 19.2 Å². The lowest BCUT2D eigenvalue weighted by atomic mass is 10.0. The number of amides is 3. The third-order valence-corrected chi connectivity index (χ3v) is 4.79. The molecule has 0 heterocycles. The number of nitrogens with one attached hydrogen (secondary N) is 3. The Balaban J connectivity index is 5.29. The molecule has 0 radical (unpaired) electrons. The molecule has 0 aliphatic heterocycles. The molecular formula is C21H42N6O4. The number of rotatable bonds is 17. The van der Waals surface area contributed by atoms with Gasteiger partial charge in [-0.05, 0) is 70.9 Å². The Morgan fingerprint density at radius 3 is 1.61 bits per heavy atom. The van der Waals surface area contributed by atoms with E-state index in [1.54, 1.807) is 0 Å². The molecule has 0 aliphatic carbocycles. The molecule has 0 aromatic carbocycles. The van der Waals surface area contributed by atoms with E-state index in [4.69, 9.17) is 17.2 Å². The van der Waals surface area contributed by atoms with Gasteiger partial charge in [-0.2, -0.15) is 0 Å². The summed E-state index contributed by atoms with van der Waals surface area (Å²) in [6.07, 6.45) is 4.63. The fraction of sp³-hybridized carbons (Fsp3) is 0.810. The first-order valence-corrected chi connectivity index (χ1v) is 11.2. The highest BCUT2D eigenvalue weighted by Crippen LogP contribution is 2.08. The van der Waals surface area contributed by atoms with Crippen molar-refractivity contribution in [2.24, 2.45) is 23.1 Å². The molecule has 0 saturated heterocycles. The molecule has 0 aromatic heterocycles. The molecule has 0 unspecified atom stereocenters. The molecular weight excluding hydrogens is 400 g/mol. The van der Waals surface area contributed by atoms with Crippen LogP contribution in [0.2, 0.25) is 0 Å². The van der Waals surface area contributed by atoms with Crippen molar-refractivity contribution >= 4 is 24.0 Å². The van der Waals surface area contributed by atoms with Crippen LogP contribution in [0.15, 0.2) is 0 Å². The summed E-state index contributed by atoms with van der Waals surface area (Å²) >= 11 is 0. The van der Waals surface area contributed by atoms with Gasteiger partial charge in [0.05, 0.1) is 12.1 Å². The molecule has 10 heteroatoms. The molecule has 4 atom stereocenters. The molecule has 31 heavy (non-hydrogen) atoms. The minimum atomic E-state index is -0.835. The number of carbonyl (C=O) groups is 4. The molecule has 180 valence electrons. The van der Waals surface area contributed by atoms with Gasteiger partial charge in [-0.3, -0.25) is 14.4 Å². The zero-order chi connectivity index (χ0) is 23.8. The van der Waals surface area contributed by atoms with Gasteiger partial charge in [0.2, 0.25) is 17.7 Å². The SMILES string of the molecule is CC(C)C[C@@H](C=O)NC(=O)[C@H](CCCCN)NC(=O)[C@H](CCCCN)NC(=O)[C@H](C)N. The summed E-state index contributed by atoms with van der Waals surface area (Å²) in [5.41, 5.74) is 16.7. The summed E-state index contributed by atoms with van der Waals surface area (Å²) in [6.45, 7) is 6.38. The van der Waals surface area contributed by atoms with Gasteiger partial charge >= 0.3 is 0 Å². The van der Waals surface area contributed by atoms with Crippen molar-refractivity contribution in [3.05, 3.63) is 0 Å². The minimum absolute atomic E-state index is 0.223. The minimum Gasteiger partial charge on any atom is -0.345 e. The average Bonchev–Trinajstić information content (AvgIpc) is 2.71. The van der Waals surface area contributed by atoms with Crippen molar-refractivity contribution in [2.75, 3.05) is 13.1 Å². The first kappa shape index (κ1) is 29.0. The van der Waals surface area contributed by atoms with Crippen LogP contribution in [0.3, 0.4) is 0 Å². The van der Waals surface area contributed by atoms with E-state index in [1.807, 2.05) is 13.8 Å². The Labute approximate surface area is 185 Å². The number of hydrogen-bond acceptors (Lipinski definition) is 7. The predicted molar refractivity (Wildman–Crippen MR) is 121 cm³/mol. The van der Waals surface area contributed by atoms with Gasteiger partial charge < -0.3 is 37.9 Å². The van der Waals surface area contributed by atoms with Crippen molar-refractivity contribution in [1.82, 2.24) is 16.0 Å². The van der Waals surface area contributed by atoms with Crippen LogP contribution in [0.25, 0.3) is 0 Å². The third kappa shape index (κ3) is 13.1. The van der Waals surface area contributed by atoms with Crippen LogP contribution in [0.5, 0.6) is 0 Å². The van der Waals surface area contributed by atoms with Gasteiger partial charge in [-0.25, -0.2) is 0 Å². The molecule has 0 spiro atoms. The number of aldehydes is 1. The second kappa shape index (κ2) is 16.6. The fourth-order valence-electron chi connectivity index (χ4n) is 3.04. The van der Waals surface area contributed by atoms with E-state index < -0.39 is 41.9 Å². The van der Waals surface area contributed by atoms with Gasteiger partial charge in [0, 0.05) is 0 Å². The van der Waals surface area contributed by atoms with E-state index in [2.05, 4.69) is 16.0 Å². The van der Waals surface area contributed by atoms with Crippen LogP contribution < -0.4 is 33.2 Å². The fourth-order valence-corrected chi connectivity index (χ4v) is 3.04. The van der Waals surface area contributed by atoms with Gasteiger partial charge in [-0.1, -0.05) is 13.8 Å². The van der Waals surface area contributed by atoms with Crippen LogP contribution in [0.4, 0.5) is 0 Å². The Kier molecular flexibility index (Phi) is 15.5. The van der Waals surface area contributed by atoms with E-state index in [1.165, 1.54) is 6.92 Å². The molecule has 0 fully saturated rings. The van der Waals surface area contributed by atoms with E-state index in [0.29, 0.717) is 64.3 Å². The Morgan fingerprint density at radius 2 is 1.23 bits per heavy atom. The van der Waals surface area contributed by atoms with Gasteiger partial charge in [0.1, 0.15) is 18.4 Å². The number of carbonyl (C=O) groups excluding carboxylic acids is 4. The smallest absolute Gasteiger partial charge is 0.243 e. The Hall–Kier alpha value is -2.04. The van der Waals surface area contributed by atoms with Crippen molar-refractivity contribution in [3.8, 4) is 0 Å². The Morgan fingerprint density at radius 1 is 0.774 bits per heavy atom. The molecule has 0 saturated carbocycles. The zero-order valence-corrected chi connectivity index (χ0v) is 19.2. The summed E-state index contributed by atoms with van der Waals surface area (Å²) < 4.78 is 0. The molecule has 3 amide bonds. The van der Waals surface area contributed by atoms with Crippen LogP contribution >= 0.6 is 0 Å². The van der Waals surface area contributed by atoms with Gasteiger partial charge in [0.15, 0.2) is 0 Å². The van der Waals surface area contributed by atoms with E-state index in [0.717, 1.165) is 0 Å². The summed E-state index contributed by atoms with van der Waals surface area (Å²) in [4.78, 5) is 49.1. The summed E-state index contributed by atoms with van der Waals surface area (Å²) in [7, 11) is 0. The third-order valence-electron chi connectivity index (χ3n) is 4.79. The maximum Gasteiger partial charge on any atom is 0.243 e. The number of nitrogens with two attached hydrogens (primary N) is 3. The highest BCUT2D eigenvalue weighted by Gasteiger charge is 2.28. The van der Waals surface area contributed by atoms with Crippen molar-refractivity contribution in [3.63, 3.8) is 0 Å². The van der Waals surface area contributed by atoms with Gasteiger partial charge in [-0.15, -0.1) is 0 Å². The summed E-state index contributed by atoms with van der Waals surface area (Å²) in [5, 5.41) is 8.08. The first-order valence-electron chi connectivity index (χ1n) is 11.2. The van der Waals surface area contributed by atoms with E-state index in [-0.39, 0.29) is 5.92 Å². The number of unbranched alkanes of at least 4 members (excludes halogenated alkanes) is 2. The first-order chi connectivity index (χ1) is 14.7. The summed E-state index contributed by atoms with van der Waals surface area (Å²) in [6, 6.07) is -3.05. The van der Waals surface area contributed by atoms with Crippen molar-refractivity contribution in [2.45, 2.75) is 89.9 Å². The quantitative estimate of drug-likeness (QED) is 0.127. The standard InChI is InChI=1S/C21H42N6O4/c1-14(2)12-16(13-28)25-20(30)17(8-4-6-10-22)27-21(31)18(9-5-7-11-23)26-19(29)15(3)24/h13-18H,4-12,22-24H2,1-3H3,(H,25,30)(H,26,29)(H,27,31)/t15-,16-,17-,18-/m0/s1. The van der Waals surface area contributed by atoms with Crippen LogP contribution in [-0.2, 0) is 19.2 Å². The maximum absolute atomic E-state index is 12.9. The molecule has 9 N–H and O–H groups in total. The molecule has 0 aromatic rings. The average molecular weight is 443 g/mol. The highest BCUT2D eigenvalue weighted by molar-refractivity contribution is 5.93. The van der Waals surface area contributed by atoms with Gasteiger partial charge in [0.25, 0.3) is 0 Å². The zero-order valence-electron chi connectivity index (χ0n) is 19.2. The lowest BCUT2D eigenvalue weighted by molar-refractivity contribution is -0.133. The second-order valence-corrected chi connectivity index (χ2v) is 8.36. The van der Waals surface area contributed by atoms with Crippen LogP contribution in [0, 0.1) is 5.92 Å². The molecule has 0 aliphatic rings. The maximum atomic E-state index is 12.9. The second-order valence-electron chi connectivity index (χ2n) is 8.36. The van der Waals surface area contributed by atoms with Crippen LogP contribution in [0.1, 0.15) is 65.7 Å². The normalized spacial score (nSPS) is 14.9. The van der Waals surface area contributed by atoms with E-state index in [9.17, 15) is 19.2 Å². The largest absolute Gasteiger partial charge is 0.345 e. The summed E-state index contributed by atoms with van der Waals surface area (Å²) in [5.74, 6) is -1.12. The predicted octanol–water partition coefficient (Wildman–Crippen LogP) is -0.709. The molecule has 0 bridgehead atoms. The van der Waals surface area contributed by atoms with Crippen LogP contribution in [-0.4, -0.2) is 61.3 Å². The lowest BCUT2D eigenvalue weighted by Gasteiger charge is -2.25. The van der Waals surface area contributed by atoms with E-state index >= 15 is 0 Å². The molecule has 10 nitrogen and oxygen atoms in total. The highest BCUT2D eigenvalue weighted by atomic mass is 16.2.